The molecule has 1 aromatic rings. The van der Waals surface area contributed by atoms with Gasteiger partial charge in [0.1, 0.15) is 18.2 Å². The van der Waals surface area contributed by atoms with Crippen LogP contribution in [0.5, 0.6) is 5.75 Å². The third-order valence-corrected chi connectivity index (χ3v) is 2.51. The molecular weight excluding hydrogens is 190 g/mol. The summed E-state index contributed by atoms with van der Waals surface area (Å²) in [7, 11) is 0. The first kappa shape index (κ1) is 9.98. The molecule has 1 unspecified atom stereocenters. The van der Waals surface area contributed by atoms with E-state index in [1.165, 1.54) is 0 Å². The summed E-state index contributed by atoms with van der Waals surface area (Å²) in [5.41, 5.74) is 3.81. The zero-order valence-electron chi connectivity index (χ0n) is 8.73. The molecule has 1 aromatic carbocycles. The molecule has 0 aliphatic carbocycles. The van der Waals surface area contributed by atoms with E-state index in [9.17, 15) is 0 Å². The molecule has 3 N–H and O–H groups in total. The molecule has 0 spiro atoms. The molecule has 15 heavy (non-hydrogen) atoms. The number of para-hydroxylation sites is 1. The number of nitrogens with one attached hydrogen (secondary N) is 1. The van der Waals surface area contributed by atoms with Crippen molar-refractivity contribution in [1.82, 2.24) is 5.43 Å². The lowest BCUT2D eigenvalue weighted by Gasteiger charge is -2.11. The maximum atomic E-state index is 5.56. The average molecular weight is 205 g/mol. The van der Waals surface area contributed by atoms with E-state index in [0.29, 0.717) is 6.61 Å². The van der Waals surface area contributed by atoms with Gasteiger partial charge >= 0.3 is 0 Å². The number of benzene rings is 1. The molecule has 4 heteroatoms. The van der Waals surface area contributed by atoms with Gasteiger partial charge in [0.05, 0.1) is 5.92 Å². The minimum atomic E-state index is 0.145. The van der Waals surface area contributed by atoms with Crippen LogP contribution in [0.1, 0.15) is 18.4 Å². The third-order valence-electron chi connectivity index (χ3n) is 2.51. The number of hydrogen-bond acceptors (Lipinski definition) is 3. The lowest BCUT2D eigenvalue weighted by Crippen LogP contribution is -2.36. The van der Waals surface area contributed by atoms with Gasteiger partial charge in [-0.25, -0.2) is 5.84 Å². The normalized spacial score (nSPS) is 19.6. The molecule has 80 valence electrons. The Morgan fingerprint density at radius 1 is 1.60 bits per heavy atom. The molecule has 0 aromatic heterocycles. The van der Waals surface area contributed by atoms with E-state index in [2.05, 4.69) is 16.5 Å². The molecule has 1 aliphatic heterocycles. The summed E-state index contributed by atoms with van der Waals surface area (Å²) < 4.78 is 5.56. The maximum absolute atomic E-state index is 5.56. The molecule has 1 aliphatic rings. The number of rotatable bonds is 2. The van der Waals surface area contributed by atoms with Crippen LogP contribution in [0.2, 0.25) is 0 Å². The minimum Gasteiger partial charge on any atom is -0.492 e. The van der Waals surface area contributed by atoms with Gasteiger partial charge in [-0.2, -0.15) is 0 Å². The van der Waals surface area contributed by atoms with E-state index in [0.717, 1.165) is 23.7 Å². The highest BCUT2D eigenvalue weighted by Gasteiger charge is 2.27. The van der Waals surface area contributed by atoms with Gasteiger partial charge in [-0.05, 0) is 13.0 Å². The molecule has 0 radical (unpaired) electrons. The number of ether oxygens (including phenoxy) is 1. The second kappa shape index (κ2) is 4.31. The summed E-state index contributed by atoms with van der Waals surface area (Å²) in [5.74, 6) is 7.33. The number of nitrogens with two attached hydrogens (primary N) is 1. The molecule has 4 nitrogen and oxygen atoms in total. The summed E-state index contributed by atoms with van der Waals surface area (Å²) in [6, 6.07) is 7.99. The molecule has 0 fully saturated rings. The van der Waals surface area contributed by atoms with E-state index >= 15 is 0 Å². The van der Waals surface area contributed by atoms with Crippen molar-refractivity contribution in [2.24, 2.45) is 10.8 Å². The highest BCUT2D eigenvalue weighted by molar-refractivity contribution is 5.90. The predicted octanol–water partition coefficient (Wildman–Crippen LogP) is 1.04. The van der Waals surface area contributed by atoms with Crippen LogP contribution in [0, 0.1) is 0 Å². The van der Waals surface area contributed by atoms with E-state index in [1.54, 1.807) is 0 Å². The molecule has 0 amide bonds. The first-order valence-corrected chi connectivity index (χ1v) is 5.09. The Labute approximate surface area is 89.1 Å². The van der Waals surface area contributed by atoms with Crippen molar-refractivity contribution < 1.29 is 4.74 Å². The van der Waals surface area contributed by atoms with Crippen LogP contribution in [-0.2, 0) is 0 Å². The zero-order valence-corrected chi connectivity index (χ0v) is 8.73. The highest BCUT2D eigenvalue weighted by atomic mass is 16.5. The largest absolute Gasteiger partial charge is 0.492 e. The SMILES string of the molecule is CCN=C(NN)C1COc2ccccc21. The van der Waals surface area contributed by atoms with Crippen molar-refractivity contribution in [2.45, 2.75) is 12.8 Å². The Bertz CT molecular complexity index is 376. The Kier molecular flexibility index (Phi) is 2.87. The Morgan fingerprint density at radius 2 is 2.40 bits per heavy atom. The zero-order chi connectivity index (χ0) is 10.7. The van der Waals surface area contributed by atoms with Crippen molar-refractivity contribution in [1.29, 1.82) is 0 Å². The summed E-state index contributed by atoms with van der Waals surface area (Å²) in [5, 5.41) is 0. The van der Waals surface area contributed by atoms with Gasteiger partial charge in [0.2, 0.25) is 0 Å². The van der Waals surface area contributed by atoms with Crippen LogP contribution in [0.15, 0.2) is 29.3 Å². The van der Waals surface area contributed by atoms with Crippen LogP contribution in [0.3, 0.4) is 0 Å². The minimum absolute atomic E-state index is 0.145. The van der Waals surface area contributed by atoms with Crippen molar-refractivity contribution in [2.75, 3.05) is 13.2 Å². The average Bonchev–Trinajstić information content (AvgIpc) is 2.70. The van der Waals surface area contributed by atoms with Crippen LogP contribution in [0.4, 0.5) is 0 Å². The number of hydrazine groups is 1. The monoisotopic (exact) mass is 205 g/mol. The Hall–Kier alpha value is -1.55. The van der Waals surface area contributed by atoms with Gasteiger partial charge in [0.25, 0.3) is 0 Å². The molecule has 1 atom stereocenters. The highest BCUT2D eigenvalue weighted by Crippen LogP contribution is 2.33. The number of amidine groups is 1. The Morgan fingerprint density at radius 3 is 3.13 bits per heavy atom. The van der Waals surface area contributed by atoms with E-state index in [-0.39, 0.29) is 5.92 Å². The van der Waals surface area contributed by atoms with Crippen LogP contribution in [-0.4, -0.2) is 19.0 Å². The fourth-order valence-electron chi connectivity index (χ4n) is 1.82. The first-order valence-electron chi connectivity index (χ1n) is 5.09. The van der Waals surface area contributed by atoms with Gasteiger partial charge in [-0.3, -0.25) is 4.99 Å². The smallest absolute Gasteiger partial charge is 0.123 e. The summed E-state index contributed by atoms with van der Waals surface area (Å²) in [4.78, 5) is 4.32. The van der Waals surface area contributed by atoms with Gasteiger partial charge in [-0.15, -0.1) is 0 Å². The summed E-state index contributed by atoms with van der Waals surface area (Å²) in [6.45, 7) is 3.32. The predicted molar refractivity (Wildman–Crippen MR) is 60.0 cm³/mol. The topological polar surface area (TPSA) is 59.6 Å². The fraction of sp³-hybridized carbons (Fsp3) is 0.364. The number of hydrogen-bond donors (Lipinski definition) is 2. The fourth-order valence-corrected chi connectivity index (χ4v) is 1.82. The van der Waals surface area contributed by atoms with Gasteiger partial charge < -0.3 is 10.2 Å². The molecule has 0 saturated carbocycles. The van der Waals surface area contributed by atoms with E-state index in [1.807, 2.05) is 25.1 Å². The van der Waals surface area contributed by atoms with Crippen molar-refractivity contribution in [3.8, 4) is 5.75 Å². The molecule has 0 saturated heterocycles. The standard InChI is InChI=1S/C11H15N3O/c1-2-13-11(14-12)9-7-15-10-6-4-3-5-8(9)10/h3-6,9H,2,7,12H2,1H3,(H,13,14). The van der Waals surface area contributed by atoms with E-state index in [4.69, 9.17) is 10.6 Å². The van der Waals surface area contributed by atoms with Crippen molar-refractivity contribution in [3.63, 3.8) is 0 Å². The molecule has 1 heterocycles. The Balaban J connectivity index is 2.30. The first-order chi connectivity index (χ1) is 7.36. The number of nitrogens with zero attached hydrogens (tertiary/aromatic N) is 1. The number of aliphatic imine (C=N–C) groups is 1. The van der Waals surface area contributed by atoms with Crippen LogP contribution in [0.25, 0.3) is 0 Å². The third kappa shape index (κ3) is 1.80. The molecule has 0 bridgehead atoms. The lowest BCUT2D eigenvalue weighted by molar-refractivity contribution is 0.348. The van der Waals surface area contributed by atoms with Gasteiger partial charge in [-0.1, -0.05) is 18.2 Å². The van der Waals surface area contributed by atoms with Gasteiger partial charge in [0.15, 0.2) is 0 Å². The van der Waals surface area contributed by atoms with Crippen molar-refractivity contribution in [3.05, 3.63) is 29.8 Å². The van der Waals surface area contributed by atoms with E-state index < -0.39 is 0 Å². The van der Waals surface area contributed by atoms with Crippen LogP contribution < -0.4 is 16.0 Å². The summed E-state index contributed by atoms with van der Waals surface area (Å²) >= 11 is 0. The van der Waals surface area contributed by atoms with Crippen molar-refractivity contribution >= 4 is 5.84 Å². The second-order valence-electron chi connectivity index (χ2n) is 3.41. The quantitative estimate of drug-likeness (QED) is 0.328. The molecule has 2 rings (SSSR count). The second-order valence-corrected chi connectivity index (χ2v) is 3.41. The van der Waals surface area contributed by atoms with Crippen LogP contribution >= 0.6 is 0 Å². The summed E-state index contributed by atoms with van der Waals surface area (Å²) in [6.07, 6.45) is 0. The number of fused-ring (bicyclic) bond motifs is 1. The molecular formula is C11H15N3O. The van der Waals surface area contributed by atoms with Gasteiger partial charge in [0, 0.05) is 12.1 Å². The maximum Gasteiger partial charge on any atom is 0.123 e. The lowest BCUT2D eigenvalue weighted by atomic mass is 10.0.